The normalized spacial score (nSPS) is 9.82. The van der Waals surface area contributed by atoms with Crippen molar-refractivity contribution >= 4 is 17.7 Å². The summed E-state index contributed by atoms with van der Waals surface area (Å²) in [5.41, 5.74) is 0.630. The average Bonchev–Trinajstić information content (AvgIpc) is 2.34. The molecule has 6 heteroatoms. The largest absolute Gasteiger partial charge is 0.478 e. The molecule has 0 atom stereocenters. The molecular weight excluding hydrogens is 238 g/mol. The SMILES string of the molecule is C#CCSCCNCc1ncncc1C(=O)O. The molecule has 1 rings (SSSR count). The number of carboxylic acids is 1. The molecule has 2 N–H and O–H groups in total. The van der Waals surface area contributed by atoms with Crippen LogP contribution in [0.1, 0.15) is 16.1 Å². The van der Waals surface area contributed by atoms with Gasteiger partial charge in [-0.15, -0.1) is 18.2 Å². The quantitative estimate of drug-likeness (QED) is 0.547. The van der Waals surface area contributed by atoms with Gasteiger partial charge in [-0.2, -0.15) is 0 Å². The summed E-state index contributed by atoms with van der Waals surface area (Å²) < 4.78 is 0. The molecule has 0 aliphatic carbocycles. The highest BCUT2D eigenvalue weighted by atomic mass is 32.2. The number of hydrogen-bond acceptors (Lipinski definition) is 5. The second-order valence-corrected chi connectivity index (χ2v) is 4.23. The zero-order valence-corrected chi connectivity index (χ0v) is 10.0. The highest BCUT2D eigenvalue weighted by Crippen LogP contribution is 2.03. The summed E-state index contributed by atoms with van der Waals surface area (Å²) in [6.07, 6.45) is 7.76. The minimum atomic E-state index is -1.01. The van der Waals surface area contributed by atoms with E-state index in [-0.39, 0.29) is 5.56 Å². The maximum Gasteiger partial charge on any atom is 0.339 e. The summed E-state index contributed by atoms with van der Waals surface area (Å²) in [6.45, 7) is 1.18. The molecule has 0 aliphatic rings. The number of carbonyl (C=O) groups is 1. The lowest BCUT2D eigenvalue weighted by atomic mass is 10.2. The molecule has 0 fully saturated rings. The molecule has 1 aromatic heterocycles. The number of nitrogens with one attached hydrogen (secondary N) is 1. The molecule has 0 aromatic carbocycles. The number of carboxylic acid groups (broad SMARTS) is 1. The Balaban J connectivity index is 2.37. The van der Waals surface area contributed by atoms with Crippen LogP contribution in [0, 0.1) is 12.3 Å². The van der Waals surface area contributed by atoms with Crippen molar-refractivity contribution in [1.82, 2.24) is 15.3 Å². The van der Waals surface area contributed by atoms with Gasteiger partial charge in [-0.3, -0.25) is 0 Å². The first kappa shape index (κ1) is 13.5. The van der Waals surface area contributed by atoms with E-state index in [1.807, 2.05) is 0 Å². The van der Waals surface area contributed by atoms with Gasteiger partial charge in [0.05, 0.1) is 11.4 Å². The van der Waals surface area contributed by atoms with Gasteiger partial charge in [0, 0.05) is 25.0 Å². The third-order valence-corrected chi connectivity index (χ3v) is 2.79. The van der Waals surface area contributed by atoms with Crippen molar-refractivity contribution in [3.63, 3.8) is 0 Å². The highest BCUT2D eigenvalue weighted by molar-refractivity contribution is 7.99. The van der Waals surface area contributed by atoms with Crippen LogP contribution in [0.3, 0.4) is 0 Å². The first-order valence-corrected chi connectivity index (χ1v) is 6.15. The zero-order valence-electron chi connectivity index (χ0n) is 9.22. The Morgan fingerprint density at radius 2 is 2.47 bits per heavy atom. The number of hydrogen-bond donors (Lipinski definition) is 2. The summed E-state index contributed by atoms with van der Waals surface area (Å²) in [7, 11) is 0. The smallest absolute Gasteiger partial charge is 0.339 e. The third-order valence-electron chi connectivity index (χ3n) is 1.93. The number of aromatic nitrogens is 2. The van der Waals surface area contributed by atoms with Crippen molar-refractivity contribution < 1.29 is 9.90 Å². The van der Waals surface area contributed by atoms with Crippen molar-refractivity contribution in [2.24, 2.45) is 0 Å². The molecule has 1 aromatic rings. The van der Waals surface area contributed by atoms with Crippen LogP contribution >= 0.6 is 11.8 Å². The van der Waals surface area contributed by atoms with E-state index in [2.05, 4.69) is 21.2 Å². The lowest BCUT2D eigenvalue weighted by Gasteiger charge is -2.05. The van der Waals surface area contributed by atoms with Crippen molar-refractivity contribution in [3.8, 4) is 12.3 Å². The lowest BCUT2D eigenvalue weighted by Crippen LogP contribution is -2.19. The van der Waals surface area contributed by atoms with E-state index in [9.17, 15) is 4.79 Å². The maximum atomic E-state index is 10.9. The van der Waals surface area contributed by atoms with Gasteiger partial charge >= 0.3 is 5.97 Å². The molecule has 1 heterocycles. The van der Waals surface area contributed by atoms with Crippen LogP contribution in [0.2, 0.25) is 0 Å². The molecular formula is C11H13N3O2S. The van der Waals surface area contributed by atoms with Crippen LogP contribution in [0.4, 0.5) is 0 Å². The van der Waals surface area contributed by atoms with Crippen LogP contribution in [0.15, 0.2) is 12.5 Å². The molecule has 0 saturated carbocycles. The summed E-state index contributed by atoms with van der Waals surface area (Å²) in [4.78, 5) is 18.5. The molecule has 0 aliphatic heterocycles. The first-order valence-electron chi connectivity index (χ1n) is 4.99. The predicted octanol–water partition coefficient (Wildman–Crippen LogP) is 0.631. The van der Waals surface area contributed by atoms with Gasteiger partial charge in [0.2, 0.25) is 0 Å². The Bertz CT molecular complexity index is 417. The van der Waals surface area contributed by atoms with Gasteiger partial charge in [-0.1, -0.05) is 5.92 Å². The van der Waals surface area contributed by atoms with E-state index in [0.29, 0.717) is 18.0 Å². The monoisotopic (exact) mass is 251 g/mol. The van der Waals surface area contributed by atoms with Crippen LogP contribution in [0.25, 0.3) is 0 Å². The van der Waals surface area contributed by atoms with Crippen molar-refractivity contribution in [2.45, 2.75) is 6.54 Å². The molecule has 17 heavy (non-hydrogen) atoms. The number of thioether (sulfide) groups is 1. The predicted molar refractivity (Wildman–Crippen MR) is 66.9 cm³/mol. The van der Waals surface area contributed by atoms with Gasteiger partial charge in [0.25, 0.3) is 0 Å². The number of terminal acetylenes is 1. The second kappa shape index (κ2) is 7.65. The molecule has 0 unspecified atom stereocenters. The fourth-order valence-corrected chi connectivity index (χ4v) is 1.71. The van der Waals surface area contributed by atoms with Crippen LogP contribution in [-0.2, 0) is 6.54 Å². The number of aromatic carboxylic acids is 1. The lowest BCUT2D eigenvalue weighted by molar-refractivity contribution is 0.0694. The van der Waals surface area contributed by atoms with E-state index in [1.165, 1.54) is 12.5 Å². The van der Waals surface area contributed by atoms with Crippen molar-refractivity contribution in [2.75, 3.05) is 18.1 Å². The minimum Gasteiger partial charge on any atom is -0.478 e. The summed E-state index contributed by atoms with van der Waals surface area (Å²) in [5, 5.41) is 12.0. The standard InChI is InChI=1S/C11H13N3O2S/c1-2-4-17-5-3-12-7-10-9(11(15)16)6-13-8-14-10/h1,6,8,12H,3-5,7H2,(H,15,16). The van der Waals surface area contributed by atoms with Crippen LogP contribution in [-0.4, -0.2) is 39.1 Å². The minimum absolute atomic E-state index is 0.135. The van der Waals surface area contributed by atoms with Crippen molar-refractivity contribution in [3.05, 3.63) is 23.8 Å². The summed E-state index contributed by atoms with van der Waals surface area (Å²) in [6, 6.07) is 0. The first-order chi connectivity index (χ1) is 8.25. The highest BCUT2D eigenvalue weighted by Gasteiger charge is 2.10. The molecule has 90 valence electrons. The fraction of sp³-hybridized carbons (Fsp3) is 0.364. The molecule has 0 radical (unpaired) electrons. The zero-order chi connectivity index (χ0) is 12.5. The van der Waals surface area contributed by atoms with Gasteiger partial charge < -0.3 is 10.4 Å². The second-order valence-electron chi connectivity index (χ2n) is 3.12. The maximum absolute atomic E-state index is 10.9. The third kappa shape index (κ3) is 4.85. The van der Waals surface area contributed by atoms with Gasteiger partial charge in [0.1, 0.15) is 11.9 Å². The Kier molecular flexibility index (Phi) is 6.07. The Labute approximate surface area is 104 Å². The van der Waals surface area contributed by atoms with Gasteiger partial charge in [-0.25, -0.2) is 14.8 Å². The summed E-state index contributed by atoms with van der Waals surface area (Å²) in [5.74, 6) is 3.10. The van der Waals surface area contributed by atoms with E-state index in [1.54, 1.807) is 11.8 Å². The number of nitrogens with zero attached hydrogens (tertiary/aromatic N) is 2. The van der Waals surface area contributed by atoms with E-state index < -0.39 is 5.97 Å². The Hall–Kier alpha value is -1.58. The molecule has 5 nitrogen and oxygen atoms in total. The molecule has 0 saturated heterocycles. The van der Waals surface area contributed by atoms with Crippen LogP contribution < -0.4 is 5.32 Å². The average molecular weight is 251 g/mol. The van der Waals surface area contributed by atoms with E-state index in [4.69, 9.17) is 11.5 Å². The topological polar surface area (TPSA) is 75.1 Å². The van der Waals surface area contributed by atoms with E-state index >= 15 is 0 Å². The molecule has 0 spiro atoms. The van der Waals surface area contributed by atoms with Crippen molar-refractivity contribution in [1.29, 1.82) is 0 Å². The van der Waals surface area contributed by atoms with E-state index in [0.717, 1.165) is 12.3 Å². The molecule has 0 bridgehead atoms. The fourth-order valence-electron chi connectivity index (χ4n) is 1.16. The van der Waals surface area contributed by atoms with Crippen LogP contribution in [0.5, 0.6) is 0 Å². The molecule has 0 amide bonds. The summed E-state index contributed by atoms with van der Waals surface area (Å²) >= 11 is 1.65. The van der Waals surface area contributed by atoms with Gasteiger partial charge in [-0.05, 0) is 0 Å². The van der Waals surface area contributed by atoms with Gasteiger partial charge in [0.15, 0.2) is 0 Å². The Morgan fingerprint density at radius 1 is 1.65 bits per heavy atom. The number of rotatable bonds is 7. The Morgan fingerprint density at radius 3 is 3.18 bits per heavy atom.